The smallest absolute Gasteiger partial charge is 0.338 e. The van der Waals surface area contributed by atoms with Crippen molar-refractivity contribution in [1.29, 1.82) is 0 Å². The second-order valence-corrected chi connectivity index (χ2v) is 4.65. The SMILES string of the molecule is O=C(OCCOCCOCc1ccccc1)c1ccccc1. The normalized spacial score (nSPS) is 10.4. The summed E-state index contributed by atoms with van der Waals surface area (Å²) in [5.74, 6) is -0.329. The molecule has 2 aromatic carbocycles. The Balaban J connectivity index is 1.47. The number of hydrogen-bond acceptors (Lipinski definition) is 4. The molecule has 2 aromatic rings. The average molecular weight is 300 g/mol. The molecule has 0 fully saturated rings. The lowest BCUT2D eigenvalue weighted by molar-refractivity contribution is 0.0116. The van der Waals surface area contributed by atoms with Crippen LogP contribution in [0.15, 0.2) is 60.7 Å². The highest BCUT2D eigenvalue weighted by molar-refractivity contribution is 5.89. The van der Waals surface area contributed by atoms with E-state index in [4.69, 9.17) is 14.2 Å². The van der Waals surface area contributed by atoms with E-state index in [-0.39, 0.29) is 12.6 Å². The molecule has 0 unspecified atom stereocenters. The molecule has 0 saturated heterocycles. The van der Waals surface area contributed by atoms with Crippen LogP contribution in [-0.2, 0) is 20.8 Å². The second kappa shape index (κ2) is 9.71. The molecular weight excluding hydrogens is 280 g/mol. The van der Waals surface area contributed by atoms with Crippen LogP contribution in [0.5, 0.6) is 0 Å². The lowest BCUT2D eigenvalue weighted by atomic mass is 10.2. The van der Waals surface area contributed by atoms with Crippen molar-refractivity contribution in [2.75, 3.05) is 26.4 Å². The van der Waals surface area contributed by atoms with Gasteiger partial charge in [-0.25, -0.2) is 4.79 Å². The van der Waals surface area contributed by atoms with Crippen molar-refractivity contribution < 1.29 is 19.0 Å². The van der Waals surface area contributed by atoms with Gasteiger partial charge < -0.3 is 14.2 Å². The van der Waals surface area contributed by atoms with Crippen molar-refractivity contribution in [2.45, 2.75) is 6.61 Å². The van der Waals surface area contributed by atoms with Gasteiger partial charge in [0, 0.05) is 0 Å². The number of hydrogen-bond donors (Lipinski definition) is 0. The number of carbonyl (C=O) groups excluding carboxylic acids is 1. The van der Waals surface area contributed by atoms with Crippen LogP contribution in [0.25, 0.3) is 0 Å². The zero-order valence-corrected chi connectivity index (χ0v) is 12.4. The molecule has 0 spiro atoms. The molecule has 0 N–H and O–H groups in total. The number of benzene rings is 2. The molecular formula is C18H20O4. The van der Waals surface area contributed by atoms with Gasteiger partial charge in [-0.3, -0.25) is 0 Å². The molecule has 116 valence electrons. The van der Waals surface area contributed by atoms with Gasteiger partial charge in [0.25, 0.3) is 0 Å². The summed E-state index contributed by atoms with van der Waals surface area (Å²) in [6.07, 6.45) is 0. The molecule has 0 radical (unpaired) electrons. The Labute approximate surface area is 130 Å². The summed E-state index contributed by atoms with van der Waals surface area (Å²) < 4.78 is 15.9. The first kappa shape index (κ1) is 16.2. The zero-order chi connectivity index (χ0) is 15.5. The highest BCUT2D eigenvalue weighted by Crippen LogP contribution is 2.01. The van der Waals surface area contributed by atoms with Crippen LogP contribution < -0.4 is 0 Å². The Morgan fingerprint density at radius 3 is 2.05 bits per heavy atom. The fourth-order valence-corrected chi connectivity index (χ4v) is 1.84. The lowest BCUT2D eigenvalue weighted by Gasteiger charge is -2.07. The number of esters is 1. The molecule has 0 bridgehead atoms. The lowest BCUT2D eigenvalue weighted by Crippen LogP contribution is -2.13. The zero-order valence-electron chi connectivity index (χ0n) is 12.4. The first-order valence-corrected chi connectivity index (χ1v) is 7.28. The van der Waals surface area contributed by atoms with Gasteiger partial charge in [-0.15, -0.1) is 0 Å². The number of ether oxygens (including phenoxy) is 3. The topological polar surface area (TPSA) is 44.8 Å². The molecule has 4 heteroatoms. The molecule has 0 aliphatic heterocycles. The van der Waals surface area contributed by atoms with Gasteiger partial charge in [0.15, 0.2) is 0 Å². The predicted molar refractivity (Wildman–Crippen MR) is 83.6 cm³/mol. The van der Waals surface area contributed by atoms with Gasteiger partial charge in [-0.1, -0.05) is 48.5 Å². The molecule has 0 saturated carbocycles. The average Bonchev–Trinajstić information content (AvgIpc) is 2.59. The summed E-state index contributed by atoms with van der Waals surface area (Å²) in [4.78, 5) is 11.6. The van der Waals surface area contributed by atoms with Crippen molar-refractivity contribution in [1.82, 2.24) is 0 Å². The van der Waals surface area contributed by atoms with Gasteiger partial charge in [-0.2, -0.15) is 0 Å². The Morgan fingerprint density at radius 1 is 0.727 bits per heavy atom. The maximum absolute atomic E-state index is 11.6. The minimum absolute atomic E-state index is 0.242. The van der Waals surface area contributed by atoms with E-state index >= 15 is 0 Å². The van der Waals surface area contributed by atoms with Crippen LogP contribution in [0.3, 0.4) is 0 Å². The van der Waals surface area contributed by atoms with E-state index < -0.39 is 0 Å². The molecule has 0 atom stereocenters. The largest absolute Gasteiger partial charge is 0.460 e. The Morgan fingerprint density at radius 2 is 1.32 bits per heavy atom. The molecule has 0 aliphatic carbocycles. The molecule has 0 amide bonds. The molecule has 4 nitrogen and oxygen atoms in total. The first-order chi connectivity index (χ1) is 10.9. The number of carbonyl (C=O) groups is 1. The quantitative estimate of drug-likeness (QED) is 0.527. The van der Waals surface area contributed by atoms with Gasteiger partial charge in [-0.05, 0) is 17.7 Å². The van der Waals surface area contributed by atoms with E-state index in [2.05, 4.69) is 0 Å². The van der Waals surface area contributed by atoms with E-state index in [1.807, 2.05) is 36.4 Å². The highest BCUT2D eigenvalue weighted by atomic mass is 16.6. The van der Waals surface area contributed by atoms with Crippen LogP contribution >= 0.6 is 0 Å². The Kier molecular flexibility index (Phi) is 7.15. The van der Waals surface area contributed by atoms with Crippen LogP contribution in [0.1, 0.15) is 15.9 Å². The third-order valence-corrected chi connectivity index (χ3v) is 2.95. The van der Waals surface area contributed by atoms with Crippen LogP contribution in [-0.4, -0.2) is 32.4 Å². The summed E-state index contributed by atoms with van der Waals surface area (Å²) in [5.41, 5.74) is 1.69. The summed E-state index contributed by atoms with van der Waals surface area (Å²) in [6, 6.07) is 18.9. The minimum Gasteiger partial charge on any atom is -0.460 e. The summed E-state index contributed by atoms with van der Waals surface area (Å²) >= 11 is 0. The van der Waals surface area contributed by atoms with Crippen molar-refractivity contribution in [3.05, 3.63) is 71.8 Å². The third-order valence-electron chi connectivity index (χ3n) is 2.95. The monoisotopic (exact) mass is 300 g/mol. The van der Waals surface area contributed by atoms with Crippen molar-refractivity contribution in [3.63, 3.8) is 0 Å². The highest BCUT2D eigenvalue weighted by Gasteiger charge is 2.04. The summed E-state index contributed by atoms with van der Waals surface area (Å²) in [5, 5.41) is 0. The van der Waals surface area contributed by atoms with Crippen LogP contribution in [0.2, 0.25) is 0 Å². The molecule has 0 heterocycles. The first-order valence-electron chi connectivity index (χ1n) is 7.28. The summed E-state index contributed by atoms with van der Waals surface area (Å²) in [7, 11) is 0. The second-order valence-electron chi connectivity index (χ2n) is 4.65. The maximum Gasteiger partial charge on any atom is 0.338 e. The van der Waals surface area contributed by atoms with Crippen molar-refractivity contribution in [2.24, 2.45) is 0 Å². The van der Waals surface area contributed by atoms with E-state index in [0.29, 0.717) is 32.0 Å². The van der Waals surface area contributed by atoms with E-state index in [9.17, 15) is 4.79 Å². The Hall–Kier alpha value is -2.17. The third kappa shape index (κ3) is 6.08. The van der Waals surface area contributed by atoms with Gasteiger partial charge in [0.05, 0.1) is 32.0 Å². The van der Waals surface area contributed by atoms with Gasteiger partial charge in [0.1, 0.15) is 6.61 Å². The van der Waals surface area contributed by atoms with E-state index in [0.717, 1.165) is 5.56 Å². The van der Waals surface area contributed by atoms with Gasteiger partial charge >= 0.3 is 5.97 Å². The van der Waals surface area contributed by atoms with E-state index in [1.165, 1.54) is 0 Å². The maximum atomic E-state index is 11.6. The summed E-state index contributed by atoms with van der Waals surface area (Å²) in [6.45, 7) is 2.18. The predicted octanol–water partition coefficient (Wildman–Crippen LogP) is 3.08. The van der Waals surface area contributed by atoms with Crippen molar-refractivity contribution >= 4 is 5.97 Å². The number of rotatable bonds is 9. The fraction of sp³-hybridized carbons (Fsp3) is 0.278. The van der Waals surface area contributed by atoms with Crippen LogP contribution in [0, 0.1) is 0 Å². The molecule has 2 rings (SSSR count). The standard InChI is InChI=1S/C18H20O4/c19-18(17-9-5-2-6-10-17)22-14-13-20-11-12-21-15-16-7-3-1-4-8-16/h1-10H,11-15H2. The molecule has 0 aliphatic rings. The minimum atomic E-state index is -0.329. The van der Waals surface area contributed by atoms with E-state index in [1.54, 1.807) is 24.3 Å². The molecule has 0 aromatic heterocycles. The van der Waals surface area contributed by atoms with Gasteiger partial charge in [0.2, 0.25) is 0 Å². The van der Waals surface area contributed by atoms with Crippen LogP contribution in [0.4, 0.5) is 0 Å². The fourth-order valence-electron chi connectivity index (χ4n) is 1.84. The molecule has 22 heavy (non-hydrogen) atoms. The Bertz CT molecular complexity index is 540. The van der Waals surface area contributed by atoms with Crippen molar-refractivity contribution in [3.8, 4) is 0 Å².